The van der Waals surface area contributed by atoms with Crippen molar-refractivity contribution in [2.24, 2.45) is 0 Å². The standard InChI is InChI=1S/C23H28FN3O2S.C2H6/c1-14-20(13-18-17-12-16(24)8-9-19(17)27-22(18)28)26-15(2)21(14)23(29)25-10-6-4-5-7-11-30-3;1-2/h8-9,12-13,26H,4-7,10-11H2,1-3H3,(H,25,29)(H,27,28);1-2H3/b18-13-;. The van der Waals surface area contributed by atoms with Crippen LogP contribution in [0.1, 0.15) is 72.4 Å². The van der Waals surface area contributed by atoms with Gasteiger partial charge in [0.1, 0.15) is 5.82 Å². The summed E-state index contributed by atoms with van der Waals surface area (Å²) < 4.78 is 13.7. The fourth-order valence-corrected chi connectivity index (χ4v) is 4.22. The van der Waals surface area contributed by atoms with Crippen LogP contribution in [0.15, 0.2) is 18.2 Å². The Labute approximate surface area is 194 Å². The van der Waals surface area contributed by atoms with Gasteiger partial charge in [0.25, 0.3) is 11.8 Å². The molecule has 0 radical (unpaired) electrons. The first-order valence-corrected chi connectivity index (χ1v) is 12.6. The van der Waals surface area contributed by atoms with Gasteiger partial charge in [0.2, 0.25) is 0 Å². The maximum Gasteiger partial charge on any atom is 0.256 e. The van der Waals surface area contributed by atoms with Crippen LogP contribution in [0.2, 0.25) is 0 Å². The number of hydrogen-bond acceptors (Lipinski definition) is 3. The quantitative estimate of drug-likeness (QED) is 0.321. The van der Waals surface area contributed by atoms with Crippen molar-refractivity contribution in [2.45, 2.75) is 53.4 Å². The number of H-pyrrole nitrogens is 1. The molecule has 2 amide bonds. The second kappa shape index (κ2) is 12.5. The third-order valence-corrected chi connectivity index (χ3v) is 6.01. The summed E-state index contributed by atoms with van der Waals surface area (Å²) in [5.74, 6) is 0.387. The highest BCUT2D eigenvalue weighted by molar-refractivity contribution is 7.98. The van der Waals surface area contributed by atoms with Crippen molar-refractivity contribution in [3.8, 4) is 0 Å². The van der Waals surface area contributed by atoms with Crippen LogP contribution in [-0.2, 0) is 4.79 Å². The number of aryl methyl sites for hydroxylation is 1. The molecule has 0 fully saturated rings. The summed E-state index contributed by atoms with van der Waals surface area (Å²) in [4.78, 5) is 28.2. The Morgan fingerprint density at radius 1 is 1.16 bits per heavy atom. The van der Waals surface area contributed by atoms with Crippen molar-refractivity contribution in [3.05, 3.63) is 52.1 Å². The fraction of sp³-hybridized carbons (Fsp3) is 0.440. The average Bonchev–Trinajstić information content (AvgIpc) is 3.23. The zero-order valence-electron chi connectivity index (χ0n) is 19.7. The molecule has 1 aromatic heterocycles. The number of aromatic amines is 1. The number of benzene rings is 1. The lowest BCUT2D eigenvalue weighted by molar-refractivity contribution is -0.110. The molecule has 2 aromatic rings. The largest absolute Gasteiger partial charge is 0.358 e. The molecule has 1 aliphatic rings. The number of carbonyl (C=O) groups excluding carboxylic acids is 2. The third-order valence-electron chi connectivity index (χ3n) is 5.32. The van der Waals surface area contributed by atoms with E-state index in [1.54, 1.807) is 12.1 Å². The van der Waals surface area contributed by atoms with Gasteiger partial charge in [-0.05, 0) is 68.5 Å². The number of anilines is 1. The SMILES string of the molecule is CC.CSCCCCCCNC(=O)c1c(C)[nH]c(/C=C2\C(=O)Nc3ccc(F)cc32)c1C. The predicted molar refractivity (Wildman–Crippen MR) is 134 cm³/mol. The number of unbranched alkanes of at least 4 members (excludes halogenated alkanes) is 3. The van der Waals surface area contributed by atoms with E-state index in [9.17, 15) is 14.0 Å². The Bertz CT molecular complexity index is 982. The molecule has 3 rings (SSSR count). The molecule has 5 nitrogen and oxygen atoms in total. The summed E-state index contributed by atoms with van der Waals surface area (Å²) in [5.41, 5.74) is 4.29. The molecule has 0 spiro atoms. The van der Waals surface area contributed by atoms with Crippen molar-refractivity contribution >= 4 is 40.9 Å². The normalized spacial score (nSPS) is 13.4. The highest BCUT2D eigenvalue weighted by Gasteiger charge is 2.26. The molecule has 2 heterocycles. The lowest BCUT2D eigenvalue weighted by Crippen LogP contribution is -2.25. The molecule has 1 aromatic carbocycles. The van der Waals surface area contributed by atoms with Gasteiger partial charge in [0.15, 0.2) is 0 Å². The highest BCUT2D eigenvalue weighted by Crippen LogP contribution is 2.34. The lowest BCUT2D eigenvalue weighted by Gasteiger charge is -2.06. The van der Waals surface area contributed by atoms with Crippen LogP contribution in [0.4, 0.5) is 10.1 Å². The number of carbonyl (C=O) groups is 2. The molecule has 0 saturated heterocycles. The molecule has 0 aliphatic carbocycles. The van der Waals surface area contributed by atoms with Crippen LogP contribution in [0.25, 0.3) is 11.6 Å². The minimum absolute atomic E-state index is 0.114. The first kappa shape index (κ1) is 25.7. The Kier molecular flexibility index (Phi) is 10.0. The van der Waals surface area contributed by atoms with Crippen LogP contribution < -0.4 is 10.6 Å². The summed E-state index contributed by atoms with van der Waals surface area (Å²) in [5, 5.41) is 5.74. The number of halogens is 1. The van der Waals surface area contributed by atoms with Crippen molar-refractivity contribution in [3.63, 3.8) is 0 Å². The van der Waals surface area contributed by atoms with E-state index in [4.69, 9.17) is 0 Å². The van der Waals surface area contributed by atoms with Crippen LogP contribution in [0, 0.1) is 19.7 Å². The smallest absolute Gasteiger partial charge is 0.256 e. The minimum Gasteiger partial charge on any atom is -0.358 e. The maximum atomic E-state index is 13.7. The van der Waals surface area contributed by atoms with Gasteiger partial charge in [0, 0.05) is 29.2 Å². The predicted octanol–water partition coefficient (Wildman–Crippen LogP) is 5.94. The third kappa shape index (κ3) is 6.25. The number of amides is 2. The van der Waals surface area contributed by atoms with E-state index in [2.05, 4.69) is 21.9 Å². The van der Waals surface area contributed by atoms with Gasteiger partial charge >= 0.3 is 0 Å². The van der Waals surface area contributed by atoms with Crippen LogP contribution in [0.5, 0.6) is 0 Å². The van der Waals surface area contributed by atoms with Gasteiger partial charge in [-0.3, -0.25) is 9.59 Å². The van der Waals surface area contributed by atoms with Gasteiger partial charge in [-0.25, -0.2) is 4.39 Å². The van der Waals surface area contributed by atoms with Gasteiger partial charge in [0.05, 0.1) is 11.1 Å². The number of fused-ring (bicyclic) bond motifs is 1. The van der Waals surface area contributed by atoms with Gasteiger partial charge < -0.3 is 15.6 Å². The second-order valence-electron chi connectivity index (χ2n) is 7.53. The molecule has 0 unspecified atom stereocenters. The van der Waals surface area contributed by atoms with E-state index in [1.807, 2.05) is 39.5 Å². The number of rotatable bonds is 9. The summed E-state index contributed by atoms with van der Waals surface area (Å²) in [6.45, 7) is 8.34. The topological polar surface area (TPSA) is 74.0 Å². The number of aromatic nitrogens is 1. The van der Waals surface area contributed by atoms with E-state index in [1.165, 1.54) is 30.7 Å². The molecule has 0 atom stereocenters. The first-order valence-electron chi connectivity index (χ1n) is 11.2. The molecular formula is C25H34FN3O2S. The van der Waals surface area contributed by atoms with Crippen molar-refractivity contribution < 1.29 is 14.0 Å². The number of nitrogens with one attached hydrogen (secondary N) is 3. The highest BCUT2D eigenvalue weighted by atomic mass is 32.2. The summed E-state index contributed by atoms with van der Waals surface area (Å²) >= 11 is 1.86. The molecular weight excluding hydrogens is 425 g/mol. The molecule has 1 aliphatic heterocycles. The Balaban J connectivity index is 0.00000176. The first-order chi connectivity index (χ1) is 15.4. The van der Waals surface area contributed by atoms with Gasteiger partial charge in [-0.2, -0.15) is 11.8 Å². The van der Waals surface area contributed by atoms with E-state index >= 15 is 0 Å². The molecule has 174 valence electrons. The van der Waals surface area contributed by atoms with Crippen LogP contribution in [-0.4, -0.2) is 35.4 Å². The van der Waals surface area contributed by atoms with Crippen molar-refractivity contribution in [1.29, 1.82) is 0 Å². The average molecular weight is 460 g/mol. The van der Waals surface area contributed by atoms with Crippen LogP contribution >= 0.6 is 11.8 Å². The molecule has 3 N–H and O–H groups in total. The molecule has 0 saturated carbocycles. The number of thioether (sulfide) groups is 1. The van der Waals surface area contributed by atoms with Crippen LogP contribution in [0.3, 0.4) is 0 Å². The van der Waals surface area contributed by atoms with Crippen molar-refractivity contribution in [2.75, 3.05) is 23.9 Å². The fourth-order valence-electron chi connectivity index (χ4n) is 3.72. The Hall–Kier alpha value is -2.54. The zero-order valence-corrected chi connectivity index (χ0v) is 20.5. The number of hydrogen-bond donors (Lipinski definition) is 3. The lowest BCUT2D eigenvalue weighted by atomic mass is 10.0. The Morgan fingerprint density at radius 3 is 2.59 bits per heavy atom. The van der Waals surface area contributed by atoms with E-state index in [0.29, 0.717) is 34.6 Å². The van der Waals surface area contributed by atoms with Gasteiger partial charge in [-0.1, -0.05) is 26.7 Å². The second-order valence-corrected chi connectivity index (χ2v) is 8.51. The summed E-state index contributed by atoms with van der Waals surface area (Å²) in [6.07, 6.45) is 8.26. The van der Waals surface area contributed by atoms with E-state index in [0.717, 1.165) is 24.1 Å². The molecule has 32 heavy (non-hydrogen) atoms. The van der Waals surface area contributed by atoms with Gasteiger partial charge in [-0.15, -0.1) is 0 Å². The van der Waals surface area contributed by atoms with E-state index in [-0.39, 0.29) is 11.8 Å². The van der Waals surface area contributed by atoms with Crippen molar-refractivity contribution in [1.82, 2.24) is 10.3 Å². The maximum absolute atomic E-state index is 13.7. The minimum atomic E-state index is -0.399. The van der Waals surface area contributed by atoms with E-state index < -0.39 is 5.82 Å². The monoisotopic (exact) mass is 459 g/mol. The molecule has 0 bridgehead atoms. The molecule has 7 heteroatoms. The summed E-state index contributed by atoms with van der Waals surface area (Å²) in [7, 11) is 0. The Morgan fingerprint density at radius 2 is 1.88 bits per heavy atom. The summed E-state index contributed by atoms with van der Waals surface area (Å²) in [6, 6.07) is 4.21. The zero-order chi connectivity index (χ0) is 23.7.